The van der Waals surface area contributed by atoms with Gasteiger partial charge in [0.1, 0.15) is 11.3 Å². The van der Waals surface area contributed by atoms with Crippen LogP contribution in [0.15, 0.2) is 46.9 Å². The van der Waals surface area contributed by atoms with Crippen molar-refractivity contribution in [3.8, 4) is 5.75 Å². The number of nitro benzene ring substituents is 1. The van der Waals surface area contributed by atoms with E-state index in [-0.39, 0.29) is 29.6 Å². The molecule has 1 aromatic heterocycles. The zero-order valence-electron chi connectivity index (χ0n) is 15.9. The van der Waals surface area contributed by atoms with Gasteiger partial charge in [-0.05, 0) is 30.7 Å². The largest absolute Gasteiger partial charge is 0.497 e. The minimum Gasteiger partial charge on any atom is -0.497 e. The summed E-state index contributed by atoms with van der Waals surface area (Å²) in [5, 5.41) is 14.7. The zero-order chi connectivity index (χ0) is 20.5. The molecule has 1 amide bonds. The van der Waals surface area contributed by atoms with Crippen LogP contribution in [0.5, 0.6) is 5.75 Å². The molecule has 3 N–H and O–H groups in total. The van der Waals surface area contributed by atoms with Crippen molar-refractivity contribution in [2.45, 2.75) is 25.6 Å². The molecule has 2 unspecified atom stereocenters. The van der Waals surface area contributed by atoms with Gasteiger partial charge in [-0.1, -0.05) is 12.1 Å². The van der Waals surface area contributed by atoms with Crippen molar-refractivity contribution in [1.29, 1.82) is 0 Å². The smallest absolute Gasteiger partial charge is 0.288 e. The molecule has 1 saturated heterocycles. The van der Waals surface area contributed by atoms with E-state index in [0.29, 0.717) is 17.8 Å². The number of non-ortho nitro benzene ring substituents is 1. The maximum absolute atomic E-state index is 12.7. The van der Waals surface area contributed by atoms with E-state index in [4.69, 9.17) is 9.15 Å². The van der Waals surface area contributed by atoms with Crippen molar-refractivity contribution in [3.63, 3.8) is 0 Å². The molecule has 29 heavy (non-hydrogen) atoms. The van der Waals surface area contributed by atoms with E-state index in [1.807, 2.05) is 19.1 Å². The van der Waals surface area contributed by atoms with Crippen LogP contribution in [0.1, 0.15) is 34.1 Å². The number of nitrogens with zero attached hydrogens (tertiary/aromatic N) is 1. The van der Waals surface area contributed by atoms with Crippen LogP contribution in [0.25, 0.3) is 11.0 Å². The number of hydrazine groups is 1. The zero-order valence-corrected chi connectivity index (χ0v) is 15.9. The van der Waals surface area contributed by atoms with Gasteiger partial charge >= 0.3 is 0 Å². The lowest BCUT2D eigenvalue weighted by Crippen LogP contribution is -2.44. The predicted octanol–water partition coefficient (Wildman–Crippen LogP) is 2.95. The molecular weight excluding hydrogens is 376 g/mol. The number of rotatable bonds is 5. The summed E-state index contributed by atoms with van der Waals surface area (Å²) in [7, 11) is 1.58. The van der Waals surface area contributed by atoms with Crippen LogP contribution in [0.4, 0.5) is 5.69 Å². The van der Waals surface area contributed by atoms with E-state index in [0.717, 1.165) is 16.5 Å². The number of carbonyl (C=O) groups is 1. The predicted molar refractivity (Wildman–Crippen MR) is 105 cm³/mol. The summed E-state index contributed by atoms with van der Waals surface area (Å²) in [6.45, 7) is 1.83. The molecule has 0 spiro atoms. The number of nitrogens with one attached hydrogen (secondary N) is 3. The SMILES string of the molecule is COc1ccc2oc(C(=O)NC3CC(c4cccc([N+](=O)[O-])c4)NN3)c(C)c2c1. The second kappa shape index (κ2) is 7.53. The topological polar surface area (TPSA) is 119 Å². The van der Waals surface area contributed by atoms with Gasteiger partial charge < -0.3 is 14.5 Å². The summed E-state index contributed by atoms with van der Waals surface area (Å²) in [6.07, 6.45) is 0.175. The molecule has 1 aliphatic heterocycles. The Hall–Kier alpha value is -3.43. The molecule has 4 rings (SSSR count). The van der Waals surface area contributed by atoms with Gasteiger partial charge in [-0.2, -0.15) is 0 Å². The Labute approximate surface area is 166 Å². The van der Waals surface area contributed by atoms with Gasteiger partial charge in [0, 0.05) is 35.5 Å². The first-order valence-electron chi connectivity index (χ1n) is 9.09. The summed E-state index contributed by atoms with van der Waals surface area (Å²) in [5.41, 5.74) is 8.23. The molecular formula is C20H20N4O5. The Morgan fingerprint density at radius 3 is 2.86 bits per heavy atom. The Kier molecular flexibility index (Phi) is 4.91. The first-order chi connectivity index (χ1) is 14.0. The van der Waals surface area contributed by atoms with Crippen molar-refractivity contribution in [2.75, 3.05) is 7.11 Å². The van der Waals surface area contributed by atoms with E-state index in [1.165, 1.54) is 12.1 Å². The lowest BCUT2D eigenvalue weighted by Gasteiger charge is -2.11. The fourth-order valence-electron chi connectivity index (χ4n) is 3.49. The number of methoxy groups -OCH3 is 1. The first kappa shape index (κ1) is 18.9. The third-order valence-corrected chi connectivity index (χ3v) is 5.04. The van der Waals surface area contributed by atoms with E-state index >= 15 is 0 Å². The van der Waals surface area contributed by atoms with Crippen LogP contribution >= 0.6 is 0 Å². The number of amides is 1. The van der Waals surface area contributed by atoms with E-state index in [9.17, 15) is 14.9 Å². The summed E-state index contributed by atoms with van der Waals surface area (Å²) in [6, 6.07) is 11.6. The number of nitro groups is 1. The number of ether oxygens (including phenoxy) is 1. The summed E-state index contributed by atoms with van der Waals surface area (Å²) < 4.78 is 11.0. The van der Waals surface area contributed by atoms with Crippen LogP contribution in [0.3, 0.4) is 0 Å². The molecule has 0 aliphatic carbocycles. The van der Waals surface area contributed by atoms with Crippen molar-refractivity contribution in [2.24, 2.45) is 0 Å². The summed E-state index contributed by atoms with van der Waals surface area (Å²) in [4.78, 5) is 23.3. The van der Waals surface area contributed by atoms with Crippen LogP contribution in [0.2, 0.25) is 0 Å². The summed E-state index contributed by atoms with van der Waals surface area (Å²) >= 11 is 0. The van der Waals surface area contributed by atoms with Gasteiger partial charge in [0.2, 0.25) is 0 Å². The first-order valence-corrected chi connectivity index (χ1v) is 9.09. The average molecular weight is 396 g/mol. The Morgan fingerprint density at radius 2 is 2.10 bits per heavy atom. The molecule has 2 heterocycles. The Balaban J connectivity index is 1.47. The number of benzene rings is 2. The lowest BCUT2D eigenvalue weighted by molar-refractivity contribution is -0.384. The second-order valence-corrected chi connectivity index (χ2v) is 6.87. The highest BCUT2D eigenvalue weighted by atomic mass is 16.6. The van der Waals surface area contributed by atoms with Gasteiger partial charge in [0.25, 0.3) is 11.6 Å². The molecule has 0 saturated carbocycles. The van der Waals surface area contributed by atoms with Crippen molar-refractivity contribution in [1.82, 2.24) is 16.2 Å². The number of hydrogen-bond acceptors (Lipinski definition) is 7. The fourth-order valence-corrected chi connectivity index (χ4v) is 3.49. The molecule has 1 fully saturated rings. The quantitative estimate of drug-likeness (QED) is 0.448. The highest BCUT2D eigenvalue weighted by molar-refractivity contribution is 5.99. The Morgan fingerprint density at radius 1 is 1.28 bits per heavy atom. The van der Waals surface area contributed by atoms with E-state index in [1.54, 1.807) is 25.3 Å². The van der Waals surface area contributed by atoms with Crippen LogP contribution in [-0.4, -0.2) is 24.1 Å². The number of hydrogen-bond donors (Lipinski definition) is 3. The van der Waals surface area contributed by atoms with Crippen LogP contribution in [-0.2, 0) is 0 Å². The maximum atomic E-state index is 12.7. The van der Waals surface area contributed by atoms with E-state index < -0.39 is 4.92 Å². The maximum Gasteiger partial charge on any atom is 0.288 e. The molecule has 9 heteroatoms. The normalized spacial score (nSPS) is 18.7. The second-order valence-electron chi connectivity index (χ2n) is 6.87. The molecule has 2 aromatic carbocycles. The minimum atomic E-state index is -0.426. The van der Waals surface area contributed by atoms with Gasteiger partial charge in [0.15, 0.2) is 5.76 Å². The van der Waals surface area contributed by atoms with E-state index in [2.05, 4.69) is 16.2 Å². The van der Waals surface area contributed by atoms with Crippen molar-refractivity contribution in [3.05, 3.63) is 69.5 Å². The highest BCUT2D eigenvalue weighted by Crippen LogP contribution is 2.29. The van der Waals surface area contributed by atoms with Crippen molar-refractivity contribution < 1.29 is 18.9 Å². The molecule has 2 atom stereocenters. The fraction of sp³-hybridized carbons (Fsp3) is 0.250. The number of fused-ring (bicyclic) bond motifs is 1. The third-order valence-electron chi connectivity index (χ3n) is 5.04. The Bertz CT molecular complexity index is 1090. The summed E-state index contributed by atoms with van der Waals surface area (Å²) in [5.74, 6) is 0.598. The standard InChI is InChI=1S/C20H20N4O5/c1-11-15-9-14(28-2)6-7-17(15)29-19(11)20(25)21-18-10-16(22-23-18)12-4-3-5-13(8-12)24(26)27/h3-9,16,18,22-23H,10H2,1-2H3,(H,21,25). The van der Waals surface area contributed by atoms with Crippen LogP contribution < -0.4 is 20.9 Å². The molecule has 3 aromatic rings. The number of aryl methyl sites for hydroxylation is 1. The van der Waals surface area contributed by atoms with Gasteiger partial charge in [-0.15, -0.1) is 0 Å². The van der Waals surface area contributed by atoms with Gasteiger partial charge in [-0.3, -0.25) is 14.9 Å². The monoisotopic (exact) mass is 396 g/mol. The highest BCUT2D eigenvalue weighted by Gasteiger charge is 2.29. The van der Waals surface area contributed by atoms with Gasteiger partial charge in [-0.25, -0.2) is 10.9 Å². The average Bonchev–Trinajstić information content (AvgIpc) is 3.32. The number of furan rings is 1. The molecule has 1 aliphatic rings. The molecule has 150 valence electrons. The molecule has 0 radical (unpaired) electrons. The van der Waals surface area contributed by atoms with Crippen molar-refractivity contribution >= 4 is 22.6 Å². The lowest BCUT2D eigenvalue weighted by atomic mass is 10.0. The van der Waals surface area contributed by atoms with Gasteiger partial charge in [0.05, 0.1) is 18.2 Å². The molecule has 0 bridgehead atoms. The number of carbonyl (C=O) groups excluding carboxylic acids is 1. The minimum absolute atomic E-state index is 0.0325. The molecule has 9 nitrogen and oxygen atoms in total. The van der Waals surface area contributed by atoms with Crippen LogP contribution in [0, 0.1) is 17.0 Å². The third kappa shape index (κ3) is 3.65.